The van der Waals surface area contributed by atoms with Gasteiger partial charge in [0.25, 0.3) is 0 Å². The monoisotopic (exact) mass is 327 g/mol. The molecule has 0 radical (unpaired) electrons. The molecule has 1 N–H and O–H groups in total. The Morgan fingerprint density at radius 3 is 3.00 bits per heavy atom. The third kappa shape index (κ3) is 2.43. The fraction of sp³-hybridized carbons (Fsp3) is 0.250. The molecule has 23 heavy (non-hydrogen) atoms. The highest BCUT2D eigenvalue weighted by atomic mass is 32.1. The molecule has 1 atom stereocenters. The standard InChI is InChI=1S/C16H14N4O2S/c21-20(22)12-6-3-9-17-15(12)19-10-4-7-13(19)16-18-11-5-1-2-8-14(11)23-16/h1-3,5-6,8-9,13H,4,7,10H2/p+1/t13-/m1/s1. The zero-order chi connectivity index (χ0) is 15.8. The van der Waals surface area contributed by atoms with Crippen LogP contribution in [0.25, 0.3) is 10.2 Å². The van der Waals surface area contributed by atoms with Gasteiger partial charge in [0.1, 0.15) is 11.0 Å². The Morgan fingerprint density at radius 2 is 2.17 bits per heavy atom. The van der Waals surface area contributed by atoms with Gasteiger partial charge in [-0.15, -0.1) is 11.3 Å². The van der Waals surface area contributed by atoms with Gasteiger partial charge in [-0.3, -0.25) is 10.1 Å². The van der Waals surface area contributed by atoms with E-state index in [-0.39, 0.29) is 16.7 Å². The van der Waals surface area contributed by atoms with Crippen LogP contribution in [0.2, 0.25) is 0 Å². The van der Waals surface area contributed by atoms with Gasteiger partial charge in [-0.25, -0.2) is 14.9 Å². The molecule has 3 heterocycles. The number of hydrogen-bond acceptors (Lipinski definition) is 5. The highest BCUT2D eigenvalue weighted by molar-refractivity contribution is 7.18. The maximum Gasteiger partial charge on any atom is 0.357 e. The first-order valence-electron chi connectivity index (χ1n) is 7.51. The minimum Gasteiger partial charge on any atom is -0.258 e. The number of hydrogen-bond donors (Lipinski definition) is 0. The van der Waals surface area contributed by atoms with Crippen molar-refractivity contribution in [2.45, 2.75) is 18.9 Å². The van der Waals surface area contributed by atoms with Gasteiger partial charge in [-0.05, 0) is 31.0 Å². The summed E-state index contributed by atoms with van der Waals surface area (Å²) in [4.78, 5) is 20.8. The number of rotatable bonds is 3. The quantitative estimate of drug-likeness (QED) is 0.546. The van der Waals surface area contributed by atoms with E-state index in [1.807, 2.05) is 18.2 Å². The number of anilines is 1. The van der Waals surface area contributed by atoms with Crippen LogP contribution in [0.3, 0.4) is 0 Å². The van der Waals surface area contributed by atoms with Crippen LogP contribution < -0.4 is 9.88 Å². The predicted octanol–water partition coefficient (Wildman–Crippen LogP) is 3.36. The SMILES string of the molecule is O=[N+]([O-])c1ccc[nH+]c1N1CCC[C@@H]1c1nc2ccccc2s1. The predicted molar refractivity (Wildman–Crippen MR) is 88.6 cm³/mol. The highest BCUT2D eigenvalue weighted by Crippen LogP contribution is 2.40. The second-order valence-corrected chi connectivity index (χ2v) is 6.59. The third-order valence-electron chi connectivity index (χ3n) is 4.15. The van der Waals surface area contributed by atoms with Crippen molar-refractivity contribution in [2.75, 3.05) is 11.4 Å². The average molecular weight is 327 g/mol. The number of H-pyrrole nitrogens is 1. The van der Waals surface area contributed by atoms with Crippen molar-refractivity contribution >= 4 is 33.1 Å². The number of benzene rings is 1. The van der Waals surface area contributed by atoms with Crippen LogP contribution in [0.4, 0.5) is 11.5 Å². The summed E-state index contributed by atoms with van der Waals surface area (Å²) in [6, 6.07) is 11.3. The van der Waals surface area contributed by atoms with Gasteiger partial charge in [0.15, 0.2) is 0 Å². The van der Waals surface area contributed by atoms with Crippen LogP contribution in [0.15, 0.2) is 42.6 Å². The minimum absolute atomic E-state index is 0.0877. The second-order valence-electron chi connectivity index (χ2n) is 5.53. The number of nitrogens with one attached hydrogen (secondary N) is 1. The van der Waals surface area contributed by atoms with Crippen LogP contribution in [-0.4, -0.2) is 16.5 Å². The Kier molecular flexibility index (Phi) is 3.42. The number of para-hydroxylation sites is 1. The smallest absolute Gasteiger partial charge is 0.258 e. The summed E-state index contributed by atoms with van der Waals surface area (Å²) in [5, 5.41) is 12.3. The molecule has 1 fully saturated rings. The van der Waals surface area contributed by atoms with Gasteiger partial charge in [-0.2, -0.15) is 0 Å². The Morgan fingerprint density at radius 1 is 1.30 bits per heavy atom. The first-order chi connectivity index (χ1) is 11.2. The Hall–Kier alpha value is -2.54. The molecule has 2 aromatic heterocycles. The number of pyridine rings is 1. The molecule has 1 aliphatic heterocycles. The van der Waals surface area contributed by atoms with Gasteiger partial charge in [-0.1, -0.05) is 12.1 Å². The topological polar surface area (TPSA) is 73.4 Å². The summed E-state index contributed by atoms with van der Waals surface area (Å²) in [7, 11) is 0. The van der Waals surface area contributed by atoms with Gasteiger partial charge < -0.3 is 0 Å². The van der Waals surface area contributed by atoms with E-state index in [1.54, 1.807) is 29.7 Å². The van der Waals surface area contributed by atoms with E-state index < -0.39 is 0 Å². The summed E-state index contributed by atoms with van der Waals surface area (Å²) < 4.78 is 1.15. The largest absolute Gasteiger partial charge is 0.357 e. The second kappa shape index (κ2) is 5.58. The van der Waals surface area contributed by atoms with Crippen LogP contribution >= 0.6 is 11.3 Å². The van der Waals surface area contributed by atoms with Crippen LogP contribution in [0, 0.1) is 10.1 Å². The molecule has 1 aliphatic rings. The van der Waals surface area contributed by atoms with E-state index in [2.05, 4.69) is 16.0 Å². The summed E-state index contributed by atoms with van der Waals surface area (Å²) in [5.41, 5.74) is 1.10. The van der Waals surface area contributed by atoms with Gasteiger partial charge in [0, 0.05) is 6.07 Å². The zero-order valence-electron chi connectivity index (χ0n) is 12.3. The molecule has 0 unspecified atom stereocenters. The van der Waals surface area contributed by atoms with Gasteiger partial charge in [0.05, 0.1) is 27.9 Å². The fourth-order valence-corrected chi connectivity index (χ4v) is 4.24. The molecule has 4 rings (SSSR count). The molecule has 0 spiro atoms. The molecular weight excluding hydrogens is 312 g/mol. The van der Waals surface area contributed by atoms with E-state index in [0.29, 0.717) is 5.82 Å². The van der Waals surface area contributed by atoms with Gasteiger partial charge >= 0.3 is 11.5 Å². The molecule has 0 saturated carbocycles. The van der Waals surface area contributed by atoms with Gasteiger partial charge in [0.2, 0.25) is 0 Å². The van der Waals surface area contributed by atoms with Crippen LogP contribution in [0.1, 0.15) is 23.9 Å². The normalized spacial score (nSPS) is 17.7. The Balaban J connectivity index is 1.76. The maximum atomic E-state index is 11.3. The number of aromatic nitrogens is 2. The molecular formula is C16H15N4O2S+. The number of thiazole rings is 1. The highest BCUT2D eigenvalue weighted by Gasteiger charge is 2.39. The lowest BCUT2D eigenvalue weighted by molar-refractivity contribution is -0.411. The average Bonchev–Trinajstić information content (AvgIpc) is 3.21. The first kappa shape index (κ1) is 14.1. The molecule has 0 bridgehead atoms. The molecule has 1 saturated heterocycles. The zero-order valence-corrected chi connectivity index (χ0v) is 13.1. The summed E-state index contributed by atoms with van der Waals surface area (Å²) >= 11 is 1.67. The summed E-state index contributed by atoms with van der Waals surface area (Å²) in [6.45, 7) is 0.794. The number of fused-ring (bicyclic) bond motifs is 1. The fourth-order valence-electron chi connectivity index (χ4n) is 3.12. The van der Waals surface area contributed by atoms with Crippen molar-refractivity contribution in [3.8, 4) is 0 Å². The number of nitro groups is 1. The summed E-state index contributed by atoms with van der Waals surface area (Å²) in [5.74, 6) is 0.569. The van der Waals surface area contributed by atoms with E-state index in [9.17, 15) is 10.1 Å². The third-order valence-corrected chi connectivity index (χ3v) is 5.28. The molecule has 116 valence electrons. The molecule has 1 aromatic carbocycles. The van der Waals surface area contributed by atoms with Crippen molar-refractivity contribution in [2.24, 2.45) is 0 Å². The van der Waals surface area contributed by atoms with Crippen LogP contribution in [0.5, 0.6) is 0 Å². The van der Waals surface area contributed by atoms with Crippen molar-refractivity contribution in [3.63, 3.8) is 0 Å². The first-order valence-corrected chi connectivity index (χ1v) is 8.33. The number of aromatic amines is 1. The Labute approximate surface area is 136 Å². The van der Waals surface area contributed by atoms with Crippen LogP contribution in [-0.2, 0) is 0 Å². The Bertz CT molecular complexity index is 846. The van der Waals surface area contributed by atoms with E-state index in [0.717, 1.165) is 34.6 Å². The van der Waals surface area contributed by atoms with Crippen molar-refractivity contribution in [1.82, 2.24) is 4.98 Å². The van der Waals surface area contributed by atoms with E-state index in [4.69, 9.17) is 4.98 Å². The van der Waals surface area contributed by atoms with E-state index in [1.165, 1.54) is 0 Å². The van der Waals surface area contributed by atoms with Crippen molar-refractivity contribution in [3.05, 3.63) is 57.7 Å². The molecule has 0 amide bonds. The molecule has 3 aromatic rings. The molecule has 0 aliphatic carbocycles. The van der Waals surface area contributed by atoms with Crippen molar-refractivity contribution < 1.29 is 9.91 Å². The minimum atomic E-state index is -0.334. The lowest BCUT2D eigenvalue weighted by atomic mass is 10.2. The van der Waals surface area contributed by atoms with Crippen molar-refractivity contribution in [1.29, 1.82) is 0 Å². The van der Waals surface area contributed by atoms with E-state index >= 15 is 0 Å². The lowest BCUT2D eigenvalue weighted by Gasteiger charge is -2.16. The summed E-state index contributed by atoms with van der Waals surface area (Å²) in [6.07, 6.45) is 3.69. The number of nitrogens with zero attached hydrogens (tertiary/aromatic N) is 3. The maximum absolute atomic E-state index is 11.3. The molecule has 7 heteroatoms. The molecule has 6 nitrogen and oxygen atoms in total. The lowest BCUT2D eigenvalue weighted by Crippen LogP contribution is -2.29.